The van der Waals surface area contributed by atoms with Gasteiger partial charge in [-0.25, -0.2) is 0 Å². The van der Waals surface area contributed by atoms with Crippen LogP contribution in [0.1, 0.15) is 37.1 Å². The van der Waals surface area contributed by atoms with Crippen molar-refractivity contribution in [3.63, 3.8) is 0 Å². The number of carbonyl (C=O) groups excluding carboxylic acids is 1. The second kappa shape index (κ2) is 9.55. The van der Waals surface area contributed by atoms with Crippen LogP contribution in [-0.2, 0) is 11.3 Å². The van der Waals surface area contributed by atoms with E-state index in [0.717, 1.165) is 55.2 Å². The Morgan fingerprint density at radius 1 is 1.21 bits per heavy atom. The molecule has 0 unspecified atom stereocenters. The predicted molar refractivity (Wildman–Crippen MR) is 108 cm³/mol. The lowest BCUT2D eigenvalue weighted by molar-refractivity contribution is -0.120. The van der Waals surface area contributed by atoms with Gasteiger partial charge >= 0.3 is 0 Å². The molecule has 2 aromatic rings. The maximum Gasteiger partial charge on any atom is 0.217 e. The highest BCUT2D eigenvalue weighted by atomic mass is 16.5. The third-order valence-electron chi connectivity index (χ3n) is 5.36. The predicted octanol–water partition coefficient (Wildman–Crippen LogP) is 3.19. The van der Waals surface area contributed by atoms with E-state index in [9.17, 15) is 4.79 Å². The Morgan fingerprint density at radius 2 is 2.00 bits per heavy atom. The zero-order valence-corrected chi connectivity index (χ0v) is 16.9. The van der Waals surface area contributed by atoms with Crippen LogP contribution in [0.5, 0.6) is 11.5 Å². The second-order valence-electron chi connectivity index (χ2n) is 7.22. The average Bonchev–Trinajstić information content (AvgIpc) is 2.73. The standard InChI is InChI=1S/C22H29N3O3/c1-16(26)24-22(20-6-4-5-11-23-20)17-9-12-25(13-10-17)15-18-7-8-19(27-2)14-21(18)28-3/h4-8,11,14,17,22H,9-10,12-13,15H2,1-3H3,(H,24,26)/t22-/m1/s1. The van der Waals surface area contributed by atoms with Crippen LogP contribution in [-0.4, -0.2) is 43.1 Å². The number of pyridine rings is 1. The van der Waals surface area contributed by atoms with Gasteiger partial charge in [0.1, 0.15) is 11.5 Å². The summed E-state index contributed by atoms with van der Waals surface area (Å²) in [6, 6.07) is 11.8. The van der Waals surface area contributed by atoms with Gasteiger partial charge in [0, 0.05) is 31.3 Å². The highest BCUT2D eigenvalue weighted by Crippen LogP contribution is 2.32. The normalized spacial score (nSPS) is 16.4. The number of nitrogens with zero attached hydrogens (tertiary/aromatic N) is 2. The van der Waals surface area contributed by atoms with Gasteiger partial charge in [-0.2, -0.15) is 0 Å². The first-order valence-electron chi connectivity index (χ1n) is 9.72. The zero-order chi connectivity index (χ0) is 19.9. The van der Waals surface area contributed by atoms with Crippen molar-refractivity contribution < 1.29 is 14.3 Å². The number of amides is 1. The number of carbonyl (C=O) groups is 1. The van der Waals surface area contributed by atoms with Crippen molar-refractivity contribution in [3.05, 3.63) is 53.9 Å². The summed E-state index contributed by atoms with van der Waals surface area (Å²) < 4.78 is 10.8. The van der Waals surface area contributed by atoms with Gasteiger partial charge in [-0.15, -0.1) is 0 Å². The molecule has 28 heavy (non-hydrogen) atoms. The summed E-state index contributed by atoms with van der Waals surface area (Å²) in [5, 5.41) is 3.11. The van der Waals surface area contributed by atoms with Crippen molar-refractivity contribution in [3.8, 4) is 11.5 Å². The smallest absolute Gasteiger partial charge is 0.217 e. The highest BCUT2D eigenvalue weighted by molar-refractivity contribution is 5.73. The monoisotopic (exact) mass is 383 g/mol. The number of benzene rings is 1. The maximum atomic E-state index is 11.7. The Kier molecular flexibility index (Phi) is 6.87. The highest BCUT2D eigenvalue weighted by Gasteiger charge is 2.29. The molecule has 0 saturated carbocycles. The van der Waals surface area contributed by atoms with E-state index >= 15 is 0 Å². The lowest BCUT2D eigenvalue weighted by atomic mass is 9.87. The van der Waals surface area contributed by atoms with Gasteiger partial charge in [0.25, 0.3) is 0 Å². The van der Waals surface area contributed by atoms with Crippen LogP contribution in [0.15, 0.2) is 42.6 Å². The van der Waals surface area contributed by atoms with Crippen molar-refractivity contribution in [2.45, 2.75) is 32.4 Å². The molecule has 0 bridgehead atoms. The third-order valence-corrected chi connectivity index (χ3v) is 5.36. The molecule has 1 amide bonds. The van der Waals surface area contributed by atoms with Crippen LogP contribution < -0.4 is 14.8 Å². The molecule has 1 saturated heterocycles. The van der Waals surface area contributed by atoms with E-state index in [0.29, 0.717) is 5.92 Å². The number of likely N-dealkylation sites (tertiary alicyclic amines) is 1. The Hall–Kier alpha value is -2.60. The third kappa shape index (κ3) is 5.01. The molecular weight excluding hydrogens is 354 g/mol. The molecule has 0 aliphatic carbocycles. The fourth-order valence-electron chi connectivity index (χ4n) is 3.88. The minimum absolute atomic E-state index is 0.0129. The van der Waals surface area contributed by atoms with Gasteiger partial charge in [0.2, 0.25) is 5.91 Å². The number of nitrogens with one attached hydrogen (secondary N) is 1. The Balaban J connectivity index is 1.64. The topological polar surface area (TPSA) is 63.7 Å². The van der Waals surface area contributed by atoms with Crippen molar-refractivity contribution >= 4 is 5.91 Å². The lowest BCUT2D eigenvalue weighted by Crippen LogP contribution is -2.40. The molecule has 0 spiro atoms. The van der Waals surface area contributed by atoms with E-state index in [1.165, 1.54) is 0 Å². The summed E-state index contributed by atoms with van der Waals surface area (Å²) in [7, 11) is 3.35. The van der Waals surface area contributed by atoms with Gasteiger partial charge in [-0.1, -0.05) is 12.1 Å². The van der Waals surface area contributed by atoms with E-state index in [1.807, 2.05) is 30.3 Å². The van der Waals surface area contributed by atoms with Crippen molar-refractivity contribution in [2.24, 2.45) is 5.92 Å². The fourth-order valence-corrected chi connectivity index (χ4v) is 3.88. The van der Waals surface area contributed by atoms with Gasteiger partial charge in [-0.05, 0) is 50.0 Å². The number of hydrogen-bond acceptors (Lipinski definition) is 5. The van der Waals surface area contributed by atoms with Crippen molar-refractivity contribution in [1.82, 2.24) is 15.2 Å². The van der Waals surface area contributed by atoms with Crippen LogP contribution in [0, 0.1) is 5.92 Å². The van der Waals surface area contributed by atoms with Gasteiger partial charge in [-0.3, -0.25) is 14.7 Å². The molecule has 1 N–H and O–H groups in total. The lowest BCUT2D eigenvalue weighted by Gasteiger charge is -2.36. The summed E-state index contributed by atoms with van der Waals surface area (Å²) in [5.41, 5.74) is 2.10. The largest absolute Gasteiger partial charge is 0.497 e. The van der Waals surface area contributed by atoms with Crippen LogP contribution in [0.3, 0.4) is 0 Å². The zero-order valence-electron chi connectivity index (χ0n) is 16.9. The molecule has 1 aliphatic heterocycles. The molecule has 1 aromatic heterocycles. The number of hydrogen-bond donors (Lipinski definition) is 1. The fraction of sp³-hybridized carbons (Fsp3) is 0.455. The number of ether oxygens (including phenoxy) is 2. The van der Waals surface area contributed by atoms with E-state index in [1.54, 1.807) is 27.3 Å². The van der Waals surface area contributed by atoms with Crippen molar-refractivity contribution in [2.75, 3.05) is 27.3 Å². The number of piperidine rings is 1. The molecule has 3 rings (SSSR count). The molecule has 2 heterocycles. The quantitative estimate of drug-likeness (QED) is 0.796. The molecule has 1 aliphatic rings. The number of aromatic nitrogens is 1. The van der Waals surface area contributed by atoms with Gasteiger partial charge < -0.3 is 14.8 Å². The first kappa shape index (κ1) is 20.1. The van der Waals surface area contributed by atoms with E-state index in [4.69, 9.17) is 9.47 Å². The number of rotatable bonds is 7. The maximum absolute atomic E-state index is 11.7. The summed E-state index contributed by atoms with van der Waals surface area (Å²) in [6.45, 7) is 4.36. The van der Waals surface area contributed by atoms with Crippen molar-refractivity contribution in [1.29, 1.82) is 0 Å². The molecular formula is C22H29N3O3. The SMILES string of the molecule is COc1ccc(CN2CCC([C@@H](NC(C)=O)c3ccccn3)CC2)c(OC)c1. The molecule has 1 fully saturated rings. The summed E-state index contributed by atoms with van der Waals surface area (Å²) in [4.78, 5) is 18.6. The van der Waals surface area contributed by atoms with Crippen LogP contribution in [0.4, 0.5) is 0 Å². The van der Waals surface area contributed by atoms with E-state index in [-0.39, 0.29) is 11.9 Å². The van der Waals surface area contributed by atoms with Crippen LogP contribution >= 0.6 is 0 Å². The average molecular weight is 383 g/mol. The first-order valence-corrected chi connectivity index (χ1v) is 9.72. The summed E-state index contributed by atoms with van der Waals surface area (Å²) in [5.74, 6) is 2.02. The van der Waals surface area contributed by atoms with E-state index < -0.39 is 0 Å². The summed E-state index contributed by atoms with van der Waals surface area (Å²) >= 11 is 0. The molecule has 6 heteroatoms. The summed E-state index contributed by atoms with van der Waals surface area (Å²) in [6.07, 6.45) is 3.81. The minimum Gasteiger partial charge on any atom is -0.497 e. The number of methoxy groups -OCH3 is 2. The molecule has 1 atom stereocenters. The minimum atomic E-state index is -0.0311. The molecule has 150 valence electrons. The Morgan fingerprint density at radius 3 is 2.61 bits per heavy atom. The Labute approximate surface area is 166 Å². The molecule has 0 radical (unpaired) electrons. The van der Waals surface area contributed by atoms with Crippen LogP contribution in [0.25, 0.3) is 0 Å². The van der Waals surface area contributed by atoms with Gasteiger partial charge in [0.15, 0.2) is 0 Å². The second-order valence-corrected chi connectivity index (χ2v) is 7.22. The first-order chi connectivity index (χ1) is 13.6. The van der Waals surface area contributed by atoms with E-state index in [2.05, 4.69) is 21.3 Å². The molecule has 6 nitrogen and oxygen atoms in total. The van der Waals surface area contributed by atoms with Gasteiger partial charge in [0.05, 0.1) is 26.0 Å². The molecule has 1 aromatic carbocycles. The Bertz CT molecular complexity index is 774. The van der Waals surface area contributed by atoms with Crippen LogP contribution in [0.2, 0.25) is 0 Å².